The molecule has 0 spiro atoms. The van der Waals surface area contributed by atoms with Gasteiger partial charge in [-0.15, -0.1) is 0 Å². The molecule has 3 heterocycles. The average molecular weight is 313 g/mol. The molecule has 0 N–H and O–H groups in total. The van der Waals surface area contributed by atoms with Crippen molar-refractivity contribution in [2.24, 2.45) is 0 Å². The van der Waals surface area contributed by atoms with Crippen molar-refractivity contribution in [1.29, 1.82) is 0 Å². The number of fused-ring (bicyclic) bond motifs is 1. The number of aromatic nitrogens is 1. The van der Waals surface area contributed by atoms with E-state index in [4.69, 9.17) is 4.74 Å². The second-order valence-electron chi connectivity index (χ2n) is 5.67. The van der Waals surface area contributed by atoms with Gasteiger partial charge in [-0.3, -0.25) is 4.90 Å². The predicted molar refractivity (Wildman–Crippen MR) is 84.1 cm³/mol. The zero-order chi connectivity index (χ0) is 15.8. The molecular weight excluding hydrogens is 297 g/mol. The maximum absolute atomic E-state index is 13.3. The minimum absolute atomic E-state index is 0.285. The summed E-state index contributed by atoms with van der Waals surface area (Å²) in [7, 11) is 0. The monoisotopic (exact) mass is 313 g/mol. The van der Waals surface area contributed by atoms with Crippen molar-refractivity contribution in [2.75, 3.05) is 29.5 Å². The van der Waals surface area contributed by atoms with Gasteiger partial charge in [0, 0.05) is 13.1 Å². The second kappa shape index (κ2) is 5.53. The first-order valence-electron chi connectivity index (χ1n) is 7.65. The van der Waals surface area contributed by atoms with Crippen LogP contribution in [0.3, 0.4) is 0 Å². The largest absolute Gasteiger partial charge is 0.447 e. The summed E-state index contributed by atoms with van der Waals surface area (Å²) in [6.07, 6.45) is 0.501. The van der Waals surface area contributed by atoms with Crippen LogP contribution in [0.2, 0.25) is 0 Å². The first-order valence-corrected chi connectivity index (χ1v) is 7.65. The summed E-state index contributed by atoms with van der Waals surface area (Å²) in [6.45, 7) is 2.41. The number of cyclic esters (lactones) is 1. The van der Waals surface area contributed by atoms with Gasteiger partial charge < -0.3 is 9.64 Å². The van der Waals surface area contributed by atoms with Gasteiger partial charge in [0.2, 0.25) is 5.95 Å². The Labute approximate surface area is 133 Å². The number of carbonyl (C=O) groups is 1. The Bertz CT molecular complexity index is 765. The molecule has 4 rings (SSSR count). The fourth-order valence-electron chi connectivity index (χ4n) is 3.22. The molecule has 2 aliphatic heterocycles. The number of hydrogen-bond acceptors (Lipinski definition) is 4. The molecule has 118 valence electrons. The van der Waals surface area contributed by atoms with Crippen LogP contribution >= 0.6 is 0 Å². The summed E-state index contributed by atoms with van der Waals surface area (Å²) in [5, 5.41) is 0. The number of pyridine rings is 1. The first-order chi connectivity index (χ1) is 11.2. The Balaban J connectivity index is 1.65. The Hall–Kier alpha value is -2.63. The summed E-state index contributed by atoms with van der Waals surface area (Å²) in [6, 6.07) is 10.8. The second-order valence-corrected chi connectivity index (χ2v) is 5.67. The number of benzene rings is 1. The number of halogens is 1. The molecular formula is C17H16FN3O2. The summed E-state index contributed by atoms with van der Waals surface area (Å²) in [5.41, 5.74) is 3.23. The van der Waals surface area contributed by atoms with Crippen molar-refractivity contribution >= 4 is 17.6 Å². The molecule has 1 aromatic carbocycles. The standard InChI is InChI=1S/C17H16FN3O2/c18-15-5-2-6-16(19-15)20-8-7-13-12(11-20)3-1-4-14(13)21-9-10-23-17(21)22/h1-6H,7-11H2. The predicted octanol–water partition coefficient (Wildman–Crippen LogP) is 2.74. The zero-order valence-electron chi connectivity index (χ0n) is 12.5. The van der Waals surface area contributed by atoms with Crippen LogP contribution in [0, 0.1) is 5.95 Å². The van der Waals surface area contributed by atoms with Crippen molar-refractivity contribution in [3.05, 3.63) is 53.5 Å². The molecule has 1 saturated heterocycles. The van der Waals surface area contributed by atoms with Gasteiger partial charge in [0.25, 0.3) is 0 Å². The third-order valence-electron chi connectivity index (χ3n) is 4.32. The van der Waals surface area contributed by atoms with Crippen molar-refractivity contribution < 1.29 is 13.9 Å². The van der Waals surface area contributed by atoms with Gasteiger partial charge in [0.05, 0.1) is 12.2 Å². The van der Waals surface area contributed by atoms with E-state index in [9.17, 15) is 9.18 Å². The van der Waals surface area contributed by atoms with E-state index in [0.29, 0.717) is 25.5 Å². The van der Waals surface area contributed by atoms with E-state index in [1.807, 2.05) is 24.3 Å². The molecule has 0 atom stereocenters. The number of carbonyl (C=O) groups excluding carboxylic acids is 1. The van der Waals surface area contributed by atoms with E-state index < -0.39 is 5.95 Å². The van der Waals surface area contributed by atoms with Crippen molar-refractivity contribution in [3.8, 4) is 0 Å². The lowest BCUT2D eigenvalue weighted by Gasteiger charge is -2.32. The van der Waals surface area contributed by atoms with Gasteiger partial charge in [-0.05, 0) is 35.7 Å². The molecule has 2 aromatic rings. The minimum atomic E-state index is -0.471. The zero-order valence-corrected chi connectivity index (χ0v) is 12.5. The fourth-order valence-corrected chi connectivity index (χ4v) is 3.22. The van der Waals surface area contributed by atoms with Crippen LogP contribution in [-0.4, -0.2) is 30.8 Å². The topological polar surface area (TPSA) is 45.7 Å². The Morgan fingerprint density at radius 1 is 1.13 bits per heavy atom. The molecule has 6 heteroatoms. The van der Waals surface area contributed by atoms with E-state index in [1.54, 1.807) is 11.0 Å². The Kier molecular flexibility index (Phi) is 3.37. The van der Waals surface area contributed by atoms with E-state index in [1.165, 1.54) is 11.6 Å². The number of amides is 1. The number of nitrogens with zero attached hydrogens (tertiary/aromatic N) is 3. The van der Waals surface area contributed by atoms with Gasteiger partial charge in [0.15, 0.2) is 0 Å². The highest BCUT2D eigenvalue weighted by atomic mass is 19.1. The highest BCUT2D eigenvalue weighted by Crippen LogP contribution is 2.31. The number of ether oxygens (including phenoxy) is 1. The molecule has 23 heavy (non-hydrogen) atoms. The van der Waals surface area contributed by atoms with Gasteiger partial charge in [-0.2, -0.15) is 4.39 Å². The highest BCUT2D eigenvalue weighted by Gasteiger charge is 2.28. The van der Waals surface area contributed by atoms with Crippen molar-refractivity contribution in [1.82, 2.24) is 4.98 Å². The Morgan fingerprint density at radius 3 is 2.78 bits per heavy atom. The van der Waals surface area contributed by atoms with Crippen LogP contribution in [0.4, 0.5) is 20.7 Å². The minimum Gasteiger partial charge on any atom is -0.447 e. The molecule has 1 fully saturated rings. The third kappa shape index (κ3) is 2.50. The van der Waals surface area contributed by atoms with Gasteiger partial charge in [0.1, 0.15) is 12.4 Å². The number of rotatable bonds is 2. The van der Waals surface area contributed by atoms with Crippen LogP contribution in [0.1, 0.15) is 11.1 Å². The SMILES string of the molecule is O=C1OCCN1c1cccc2c1CCN(c1cccc(F)n1)C2. The lowest BCUT2D eigenvalue weighted by atomic mass is 9.97. The summed E-state index contributed by atoms with van der Waals surface area (Å²) >= 11 is 0. The van der Waals surface area contributed by atoms with Crippen molar-refractivity contribution in [2.45, 2.75) is 13.0 Å². The Morgan fingerprint density at radius 2 is 2.00 bits per heavy atom. The summed E-state index contributed by atoms with van der Waals surface area (Å²) in [5.74, 6) is 0.170. The lowest BCUT2D eigenvalue weighted by Crippen LogP contribution is -2.33. The molecule has 1 aromatic heterocycles. The van der Waals surface area contributed by atoms with E-state index >= 15 is 0 Å². The number of anilines is 2. The maximum atomic E-state index is 13.3. The summed E-state index contributed by atoms with van der Waals surface area (Å²) in [4.78, 5) is 19.5. The normalized spacial score (nSPS) is 17.2. The van der Waals surface area contributed by atoms with Crippen LogP contribution < -0.4 is 9.80 Å². The summed E-state index contributed by atoms with van der Waals surface area (Å²) < 4.78 is 18.4. The molecule has 0 aliphatic carbocycles. The maximum Gasteiger partial charge on any atom is 0.414 e. The third-order valence-corrected chi connectivity index (χ3v) is 4.32. The van der Waals surface area contributed by atoms with E-state index in [-0.39, 0.29) is 6.09 Å². The molecule has 2 aliphatic rings. The lowest BCUT2D eigenvalue weighted by molar-refractivity contribution is 0.181. The average Bonchev–Trinajstić information content (AvgIpc) is 2.99. The van der Waals surface area contributed by atoms with Crippen molar-refractivity contribution in [3.63, 3.8) is 0 Å². The van der Waals surface area contributed by atoms with Crippen LogP contribution in [0.5, 0.6) is 0 Å². The van der Waals surface area contributed by atoms with E-state index in [2.05, 4.69) is 9.88 Å². The fraction of sp³-hybridized carbons (Fsp3) is 0.294. The molecule has 1 amide bonds. The molecule has 5 nitrogen and oxygen atoms in total. The molecule has 0 bridgehead atoms. The van der Waals surface area contributed by atoms with Crippen LogP contribution in [0.15, 0.2) is 36.4 Å². The molecule has 0 unspecified atom stereocenters. The number of hydrogen-bond donors (Lipinski definition) is 0. The first kappa shape index (κ1) is 14.0. The molecule has 0 radical (unpaired) electrons. The van der Waals surface area contributed by atoms with Crippen LogP contribution in [-0.2, 0) is 17.7 Å². The highest BCUT2D eigenvalue weighted by molar-refractivity contribution is 5.90. The van der Waals surface area contributed by atoms with Gasteiger partial charge >= 0.3 is 6.09 Å². The quantitative estimate of drug-likeness (QED) is 0.800. The van der Waals surface area contributed by atoms with Crippen LogP contribution in [0.25, 0.3) is 0 Å². The smallest absolute Gasteiger partial charge is 0.414 e. The van der Waals surface area contributed by atoms with Gasteiger partial charge in [-0.25, -0.2) is 9.78 Å². The van der Waals surface area contributed by atoms with E-state index in [0.717, 1.165) is 24.2 Å². The van der Waals surface area contributed by atoms with Gasteiger partial charge in [-0.1, -0.05) is 18.2 Å². The molecule has 0 saturated carbocycles.